The first-order valence-electron chi connectivity index (χ1n) is 6.14. The lowest BCUT2D eigenvalue weighted by molar-refractivity contribution is -0.384. The van der Waals surface area contributed by atoms with Crippen LogP contribution in [-0.2, 0) is 0 Å². The van der Waals surface area contributed by atoms with Crippen LogP contribution in [0.5, 0.6) is 5.75 Å². The largest absolute Gasteiger partial charge is 0.507 e. The summed E-state index contributed by atoms with van der Waals surface area (Å²) in [6, 6.07) is 9.99. The molecule has 0 unspecified atom stereocenters. The van der Waals surface area contributed by atoms with Gasteiger partial charge in [-0.1, -0.05) is 12.1 Å². The highest BCUT2D eigenvalue weighted by Crippen LogP contribution is 2.18. The van der Waals surface area contributed by atoms with Crippen molar-refractivity contribution in [3.05, 3.63) is 63.7 Å². The molecule has 1 amide bonds. The van der Waals surface area contributed by atoms with Gasteiger partial charge >= 0.3 is 0 Å². The number of anilines is 1. The number of nitrogens with two attached hydrogens (primary N) is 1. The number of non-ortho nitro benzene ring substituents is 1. The maximum Gasteiger partial charge on any atom is 0.272 e. The number of para-hydroxylation sites is 1. The van der Waals surface area contributed by atoms with Crippen molar-refractivity contribution in [2.24, 2.45) is 5.10 Å². The number of nitrogens with one attached hydrogen (secondary N) is 1. The van der Waals surface area contributed by atoms with Crippen molar-refractivity contribution in [2.75, 3.05) is 5.73 Å². The number of hydrazone groups is 1. The number of hydrogen-bond donors (Lipinski definition) is 3. The smallest absolute Gasteiger partial charge is 0.272 e. The summed E-state index contributed by atoms with van der Waals surface area (Å²) in [5.41, 5.74) is 7.98. The Labute approximate surface area is 125 Å². The van der Waals surface area contributed by atoms with Crippen LogP contribution in [-0.4, -0.2) is 22.2 Å². The number of benzene rings is 2. The second-order valence-corrected chi connectivity index (χ2v) is 4.33. The predicted octanol–water partition coefficient (Wildman–Crippen LogP) is 1.65. The predicted molar refractivity (Wildman–Crippen MR) is 80.7 cm³/mol. The minimum Gasteiger partial charge on any atom is -0.507 e. The zero-order valence-electron chi connectivity index (χ0n) is 11.3. The first-order chi connectivity index (χ1) is 10.5. The molecular weight excluding hydrogens is 288 g/mol. The molecule has 2 aromatic rings. The normalized spacial score (nSPS) is 10.5. The standard InChI is InChI=1S/C14H12N4O4/c15-11-5-10(6-12(7-11)18(21)22)14(20)17-16-8-9-3-1-2-4-13(9)19/h1-8,19H,15H2,(H,17,20). The van der Waals surface area contributed by atoms with Crippen LogP contribution in [0.4, 0.5) is 11.4 Å². The summed E-state index contributed by atoms with van der Waals surface area (Å²) in [5.74, 6) is -0.637. The summed E-state index contributed by atoms with van der Waals surface area (Å²) >= 11 is 0. The number of amides is 1. The van der Waals surface area contributed by atoms with Crippen LogP contribution in [0.15, 0.2) is 47.6 Å². The summed E-state index contributed by atoms with van der Waals surface area (Å²) < 4.78 is 0. The lowest BCUT2D eigenvalue weighted by Crippen LogP contribution is -2.18. The third-order valence-electron chi connectivity index (χ3n) is 2.72. The van der Waals surface area contributed by atoms with Gasteiger partial charge in [0.2, 0.25) is 0 Å². The number of aromatic hydroxyl groups is 1. The molecule has 0 radical (unpaired) electrons. The maximum absolute atomic E-state index is 11.9. The molecule has 8 nitrogen and oxygen atoms in total. The molecule has 0 atom stereocenters. The minimum atomic E-state index is -0.651. The van der Waals surface area contributed by atoms with E-state index in [4.69, 9.17) is 5.73 Å². The fourth-order valence-electron chi connectivity index (χ4n) is 1.69. The minimum absolute atomic E-state index is 0.0140. The van der Waals surface area contributed by atoms with Gasteiger partial charge in [0.25, 0.3) is 11.6 Å². The van der Waals surface area contributed by atoms with Crippen molar-refractivity contribution in [3.63, 3.8) is 0 Å². The summed E-state index contributed by atoms with van der Waals surface area (Å²) in [4.78, 5) is 22.0. The van der Waals surface area contributed by atoms with E-state index >= 15 is 0 Å². The highest BCUT2D eigenvalue weighted by molar-refractivity contribution is 5.96. The van der Waals surface area contributed by atoms with Crippen molar-refractivity contribution < 1.29 is 14.8 Å². The number of nitrogen functional groups attached to an aromatic ring is 1. The average molecular weight is 300 g/mol. The van der Waals surface area contributed by atoms with Crippen LogP contribution in [0, 0.1) is 10.1 Å². The monoisotopic (exact) mass is 300 g/mol. The van der Waals surface area contributed by atoms with Crippen LogP contribution in [0.1, 0.15) is 15.9 Å². The number of nitro groups is 1. The Hall–Kier alpha value is -3.42. The van der Waals surface area contributed by atoms with Gasteiger partial charge in [-0.2, -0.15) is 5.10 Å². The van der Waals surface area contributed by atoms with Gasteiger partial charge in [-0.05, 0) is 18.2 Å². The number of carbonyl (C=O) groups is 1. The Balaban J connectivity index is 2.13. The molecule has 2 rings (SSSR count). The molecular formula is C14H12N4O4. The number of phenols is 1. The molecule has 112 valence electrons. The van der Waals surface area contributed by atoms with Gasteiger partial charge in [0.05, 0.1) is 16.7 Å². The highest BCUT2D eigenvalue weighted by Gasteiger charge is 2.13. The molecule has 0 aliphatic carbocycles. The fourth-order valence-corrected chi connectivity index (χ4v) is 1.69. The van der Waals surface area contributed by atoms with E-state index in [1.807, 2.05) is 0 Å². The Morgan fingerprint density at radius 1 is 1.32 bits per heavy atom. The third-order valence-corrected chi connectivity index (χ3v) is 2.72. The number of phenolic OH excluding ortho intramolecular Hbond substituents is 1. The van der Waals surface area contributed by atoms with Crippen LogP contribution < -0.4 is 11.2 Å². The first kappa shape index (κ1) is 15.0. The summed E-state index contributed by atoms with van der Waals surface area (Å²) in [7, 11) is 0. The molecule has 2 aromatic carbocycles. The molecule has 0 aromatic heterocycles. The molecule has 0 heterocycles. The highest BCUT2D eigenvalue weighted by atomic mass is 16.6. The topological polar surface area (TPSA) is 131 Å². The van der Waals surface area contributed by atoms with Crippen molar-refractivity contribution >= 4 is 23.5 Å². The zero-order chi connectivity index (χ0) is 16.1. The number of rotatable bonds is 4. The van der Waals surface area contributed by atoms with Crippen molar-refractivity contribution in [1.29, 1.82) is 0 Å². The van der Waals surface area contributed by atoms with Gasteiger partial charge in [-0.15, -0.1) is 0 Å². The lowest BCUT2D eigenvalue weighted by Gasteiger charge is -2.02. The van der Waals surface area contributed by atoms with E-state index in [1.54, 1.807) is 18.2 Å². The Bertz CT molecular complexity index is 758. The van der Waals surface area contributed by atoms with Crippen LogP contribution in [0.3, 0.4) is 0 Å². The molecule has 0 saturated carbocycles. The van der Waals surface area contributed by atoms with Gasteiger partial charge in [0.1, 0.15) is 5.75 Å². The van der Waals surface area contributed by atoms with E-state index in [0.29, 0.717) is 5.56 Å². The number of carbonyl (C=O) groups excluding carboxylic acids is 1. The van der Waals surface area contributed by atoms with E-state index in [-0.39, 0.29) is 22.7 Å². The molecule has 22 heavy (non-hydrogen) atoms. The number of nitro benzene ring substituents is 1. The fraction of sp³-hybridized carbons (Fsp3) is 0. The Morgan fingerprint density at radius 2 is 2.05 bits per heavy atom. The van der Waals surface area contributed by atoms with Gasteiger partial charge in [-0.3, -0.25) is 14.9 Å². The molecule has 0 fully saturated rings. The molecule has 0 saturated heterocycles. The van der Waals surface area contributed by atoms with E-state index < -0.39 is 10.8 Å². The number of nitrogens with zero attached hydrogens (tertiary/aromatic N) is 2. The Kier molecular flexibility index (Phi) is 4.33. The van der Waals surface area contributed by atoms with E-state index in [0.717, 1.165) is 12.1 Å². The van der Waals surface area contributed by atoms with Crippen LogP contribution >= 0.6 is 0 Å². The van der Waals surface area contributed by atoms with Crippen LogP contribution in [0.2, 0.25) is 0 Å². The van der Waals surface area contributed by atoms with Crippen molar-refractivity contribution in [1.82, 2.24) is 5.43 Å². The second-order valence-electron chi connectivity index (χ2n) is 4.33. The van der Waals surface area contributed by atoms with Crippen molar-refractivity contribution in [2.45, 2.75) is 0 Å². The van der Waals surface area contributed by atoms with E-state index in [1.165, 1.54) is 18.3 Å². The van der Waals surface area contributed by atoms with Gasteiger partial charge < -0.3 is 10.8 Å². The average Bonchev–Trinajstić information content (AvgIpc) is 2.48. The third kappa shape index (κ3) is 3.57. The SMILES string of the molecule is Nc1cc(C(=O)NN=Cc2ccccc2O)cc([N+](=O)[O-])c1. The zero-order valence-corrected chi connectivity index (χ0v) is 11.3. The molecule has 8 heteroatoms. The second kappa shape index (κ2) is 6.35. The Morgan fingerprint density at radius 3 is 2.73 bits per heavy atom. The van der Waals surface area contributed by atoms with Crippen molar-refractivity contribution in [3.8, 4) is 5.75 Å². The van der Waals surface area contributed by atoms with Crippen LogP contribution in [0.25, 0.3) is 0 Å². The molecule has 0 spiro atoms. The quantitative estimate of drug-likeness (QED) is 0.342. The lowest BCUT2D eigenvalue weighted by atomic mass is 10.1. The number of hydrogen-bond acceptors (Lipinski definition) is 6. The first-order valence-corrected chi connectivity index (χ1v) is 6.14. The maximum atomic E-state index is 11.9. The summed E-state index contributed by atoms with van der Waals surface area (Å²) in [6.07, 6.45) is 1.26. The van der Waals surface area contributed by atoms with E-state index in [2.05, 4.69) is 10.5 Å². The molecule has 0 bridgehead atoms. The molecule has 0 aliphatic heterocycles. The summed E-state index contributed by atoms with van der Waals surface area (Å²) in [5, 5.41) is 23.9. The molecule has 4 N–H and O–H groups in total. The van der Waals surface area contributed by atoms with Gasteiger partial charge in [-0.25, -0.2) is 5.43 Å². The summed E-state index contributed by atoms with van der Waals surface area (Å²) in [6.45, 7) is 0. The van der Waals surface area contributed by atoms with E-state index in [9.17, 15) is 20.0 Å². The van der Waals surface area contributed by atoms with Gasteiger partial charge in [0.15, 0.2) is 0 Å². The van der Waals surface area contributed by atoms with Gasteiger partial charge in [0, 0.05) is 23.4 Å². The molecule has 0 aliphatic rings.